The van der Waals surface area contributed by atoms with E-state index in [0.29, 0.717) is 22.7 Å². The first-order valence-corrected chi connectivity index (χ1v) is 7.13. The van der Waals surface area contributed by atoms with E-state index in [4.69, 9.17) is 0 Å². The zero-order valence-corrected chi connectivity index (χ0v) is 12.6. The van der Waals surface area contributed by atoms with Crippen molar-refractivity contribution >= 4 is 28.2 Å². The van der Waals surface area contributed by atoms with Crippen LogP contribution in [0.4, 0.5) is 15.9 Å². The average molecular weight is 308 g/mol. The minimum absolute atomic E-state index is 0.276. The number of fused-ring (bicyclic) bond motifs is 3. The van der Waals surface area contributed by atoms with Gasteiger partial charge in [-0.1, -0.05) is 12.1 Å². The maximum absolute atomic E-state index is 13.7. The number of nitrogens with zero attached hydrogens (tertiary/aromatic N) is 5. The number of benzene rings is 2. The summed E-state index contributed by atoms with van der Waals surface area (Å²) in [5.74, 6) is 0.205. The number of halogens is 1. The lowest BCUT2D eigenvalue weighted by molar-refractivity contribution is 0.619. The second-order valence-corrected chi connectivity index (χ2v) is 5.46. The van der Waals surface area contributed by atoms with Crippen LogP contribution < -0.4 is 5.32 Å². The van der Waals surface area contributed by atoms with Gasteiger partial charge in [-0.25, -0.2) is 9.37 Å². The zero-order chi connectivity index (χ0) is 16.0. The Balaban J connectivity index is 1.89. The maximum atomic E-state index is 13.7. The molecule has 1 N–H and O–H groups in total. The summed E-state index contributed by atoms with van der Waals surface area (Å²) < 4.78 is 15.4. The number of nitrogens with one attached hydrogen (secondary N) is 1. The van der Waals surface area contributed by atoms with E-state index >= 15 is 0 Å². The van der Waals surface area contributed by atoms with Crippen LogP contribution in [0.2, 0.25) is 0 Å². The Morgan fingerprint density at radius 1 is 1.09 bits per heavy atom. The third kappa shape index (κ3) is 2.26. The van der Waals surface area contributed by atoms with Crippen molar-refractivity contribution in [2.24, 2.45) is 0 Å². The quantitative estimate of drug-likeness (QED) is 0.616. The molecule has 0 saturated heterocycles. The van der Waals surface area contributed by atoms with Crippen LogP contribution in [0.1, 0.15) is 11.1 Å². The summed E-state index contributed by atoms with van der Waals surface area (Å²) in [7, 11) is 0. The normalized spacial score (nSPS) is 11.3. The first kappa shape index (κ1) is 13.6. The monoisotopic (exact) mass is 308 g/mol. The smallest absolute Gasteiger partial charge is 0.222 e. The standard InChI is InChI=1S/C16H13FN6/c1-9-3-6-13-14(7-9)23-16(20-21-22-23)15(19-13)18-11-5-4-10(2)12(17)8-11/h3-8H,1-2H3,(H,18,19). The first-order chi connectivity index (χ1) is 11.1. The van der Waals surface area contributed by atoms with Gasteiger partial charge in [0.15, 0.2) is 5.82 Å². The molecule has 23 heavy (non-hydrogen) atoms. The largest absolute Gasteiger partial charge is 0.337 e. The van der Waals surface area contributed by atoms with E-state index < -0.39 is 0 Å². The number of anilines is 2. The molecule has 0 radical (unpaired) electrons. The van der Waals surface area contributed by atoms with Crippen LogP contribution in [0, 0.1) is 19.7 Å². The Hall–Kier alpha value is -3.09. The summed E-state index contributed by atoms with van der Waals surface area (Å²) >= 11 is 0. The molecule has 0 amide bonds. The van der Waals surface area contributed by atoms with Crippen LogP contribution >= 0.6 is 0 Å². The van der Waals surface area contributed by atoms with E-state index in [1.54, 1.807) is 23.6 Å². The predicted octanol–water partition coefficient (Wildman–Crippen LogP) is 3.17. The molecule has 6 nitrogen and oxygen atoms in total. The lowest BCUT2D eigenvalue weighted by Crippen LogP contribution is -2.01. The molecule has 0 aliphatic heterocycles. The molecular formula is C16H13FN6. The van der Waals surface area contributed by atoms with Crippen LogP contribution in [0.15, 0.2) is 36.4 Å². The Morgan fingerprint density at radius 2 is 1.96 bits per heavy atom. The Morgan fingerprint density at radius 3 is 2.78 bits per heavy atom. The second-order valence-electron chi connectivity index (χ2n) is 5.46. The fraction of sp³-hybridized carbons (Fsp3) is 0.125. The summed E-state index contributed by atoms with van der Waals surface area (Å²) in [5.41, 5.74) is 4.35. The van der Waals surface area contributed by atoms with Crippen LogP contribution in [0.3, 0.4) is 0 Å². The third-order valence-corrected chi connectivity index (χ3v) is 3.71. The van der Waals surface area contributed by atoms with Crippen LogP contribution in [0.25, 0.3) is 16.7 Å². The number of aryl methyl sites for hydroxylation is 2. The van der Waals surface area contributed by atoms with Gasteiger partial charge in [0.25, 0.3) is 0 Å². The molecule has 7 heteroatoms. The minimum Gasteiger partial charge on any atom is -0.337 e. The lowest BCUT2D eigenvalue weighted by atomic mass is 10.2. The summed E-state index contributed by atoms with van der Waals surface area (Å²) in [4.78, 5) is 4.57. The summed E-state index contributed by atoms with van der Waals surface area (Å²) in [5, 5.41) is 14.9. The van der Waals surface area contributed by atoms with Crippen molar-refractivity contribution in [3.05, 3.63) is 53.3 Å². The van der Waals surface area contributed by atoms with Gasteiger partial charge in [0, 0.05) is 5.69 Å². The third-order valence-electron chi connectivity index (χ3n) is 3.71. The number of tetrazole rings is 1. The molecule has 0 spiro atoms. The van der Waals surface area contributed by atoms with Gasteiger partial charge in [-0.2, -0.15) is 4.52 Å². The Kier molecular flexibility index (Phi) is 2.94. The maximum Gasteiger partial charge on any atom is 0.222 e. The molecule has 2 aromatic heterocycles. The van der Waals surface area contributed by atoms with Crippen molar-refractivity contribution in [2.45, 2.75) is 13.8 Å². The molecular weight excluding hydrogens is 295 g/mol. The highest BCUT2D eigenvalue weighted by Crippen LogP contribution is 2.24. The van der Waals surface area contributed by atoms with E-state index in [0.717, 1.165) is 16.6 Å². The van der Waals surface area contributed by atoms with Crippen LogP contribution in [0.5, 0.6) is 0 Å². The fourth-order valence-corrected chi connectivity index (χ4v) is 2.46. The highest BCUT2D eigenvalue weighted by molar-refractivity contribution is 5.84. The topological polar surface area (TPSA) is 68.0 Å². The Bertz CT molecular complexity index is 1040. The van der Waals surface area contributed by atoms with Crippen LogP contribution in [-0.2, 0) is 0 Å². The molecule has 0 bridgehead atoms. The van der Waals surface area contributed by atoms with Crippen molar-refractivity contribution < 1.29 is 4.39 Å². The molecule has 0 fully saturated rings. The molecule has 114 valence electrons. The molecule has 0 saturated carbocycles. The van der Waals surface area contributed by atoms with Crippen molar-refractivity contribution in [1.82, 2.24) is 25.0 Å². The molecule has 2 aromatic carbocycles. The van der Waals surface area contributed by atoms with E-state index in [1.807, 2.05) is 25.1 Å². The highest BCUT2D eigenvalue weighted by Gasteiger charge is 2.12. The van der Waals surface area contributed by atoms with Crippen molar-refractivity contribution in [3.63, 3.8) is 0 Å². The first-order valence-electron chi connectivity index (χ1n) is 7.13. The average Bonchev–Trinajstić information content (AvgIpc) is 3.02. The summed E-state index contributed by atoms with van der Waals surface area (Å²) in [6.07, 6.45) is 0. The molecule has 0 unspecified atom stereocenters. The number of hydrogen-bond acceptors (Lipinski definition) is 5. The van der Waals surface area contributed by atoms with E-state index in [2.05, 4.69) is 25.8 Å². The number of rotatable bonds is 2. The van der Waals surface area contributed by atoms with Crippen molar-refractivity contribution in [3.8, 4) is 0 Å². The molecule has 0 atom stereocenters. The zero-order valence-electron chi connectivity index (χ0n) is 12.6. The van der Waals surface area contributed by atoms with Gasteiger partial charge in [0.05, 0.1) is 11.0 Å². The van der Waals surface area contributed by atoms with Gasteiger partial charge in [0.2, 0.25) is 5.65 Å². The summed E-state index contributed by atoms with van der Waals surface area (Å²) in [6, 6.07) is 10.8. The van der Waals surface area contributed by atoms with Gasteiger partial charge in [-0.3, -0.25) is 0 Å². The molecule has 4 aromatic rings. The van der Waals surface area contributed by atoms with Crippen LogP contribution in [-0.4, -0.2) is 25.0 Å². The van der Waals surface area contributed by atoms with E-state index in [1.165, 1.54) is 6.07 Å². The minimum atomic E-state index is -0.276. The molecule has 0 aliphatic rings. The summed E-state index contributed by atoms with van der Waals surface area (Å²) in [6.45, 7) is 3.72. The number of hydrogen-bond donors (Lipinski definition) is 1. The lowest BCUT2D eigenvalue weighted by Gasteiger charge is -2.09. The van der Waals surface area contributed by atoms with E-state index in [-0.39, 0.29) is 5.82 Å². The SMILES string of the molecule is Cc1ccc2nc(Nc3ccc(C)c(F)c3)c3nnnn3c2c1. The molecule has 2 heterocycles. The van der Waals surface area contributed by atoms with Gasteiger partial charge in [-0.05, 0) is 59.7 Å². The predicted molar refractivity (Wildman–Crippen MR) is 85.2 cm³/mol. The van der Waals surface area contributed by atoms with Gasteiger partial charge in [-0.15, -0.1) is 5.10 Å². The highest BCUT2D eigenvalue weighted by atomic mass is 19.1. The van der Waals surface area contributed by atoms with Gasteiger partial charge in [0.1, 0.15) is 5.82 Å². The second kappa shape index (κ2) is 4.98. The molecule has 4 rings (SSSR count). The van der Waals surface area contributed by atoms with Crippen molar-refractivity contribution in [1.29, 1.82) is 0 Å². The van der Waals surface area contributed by atoms with Gasteiger partial charge >= 0.3 is 0 Å². The molecule has 0 aliphatic carbocycles. The van der Waals surface area contributed by atoms with Gasteiger partial charge < -0.3 is 5.32 Å². The van der Waals surface area contributed by atoms with E-state index in [9.17, 15) is 4.39 Å². The van der Waals surface area contributed by atoms with Crippen molar-refractivity contribution in [2.75, 3.05) is 5.32 Å². The fourth-order valence-electron chi connectivity index (χ4n) is 2.46. The number of aromatic nitrogens is 5. The Labute approximate surface area is 131 Å².